The molecule has 3 N–H and O–H groups in total. The van der Waals surface area contributed by atoms with Crippen molar-refractivity contribution in [3.63, 3.8) is 0 Å². The summed E-state index contributed by atoms with van der Waals surface area (Å²) in [4.78, 5) is 68.5. The number of alkyl carbamates (subject to hydrolysis) is 3. The van der Waals surface area contributed by atoms with Gasteiger partial charge in [-0.15, -0.1) is 0 Å². The Balaban J connectivity index is 1.20. The first kappa shape index (κ1) is 44.6. The molecule has 12 heteroatoms. The van der Waals surface area contributed by atoms with Crippen LogP contribution in [-0.4, -0.2) is 79.3 Å². The molecule has 0 bridgehead atoms. The van der Waals surface area contributed by atoms with Gasteiger partial charge in [0.25, 0.3) is 5.91 Å². The van der Waals surface area contributed by atoms with Crippen LogP contribution in [0.1, 0.15) is 73.3 Å². The van der Waals surface area contributed by atoms with Gasteiger partial charge in [0.05, 0.1) is 6.54 Å². The molecule has 0 saturated heterocycles. The molecular formula is C50H54N4O8. The molecule has 6 rings (SSSR count). The monoisotopic (exact) mass is 838 g/mol. The van der Waals surface area contributed by atoms with E-state index in [2.05, 4.69) is 28.1 Å². The molecule has 1 aliphatic rings. The lowest BCUT2D eigenvalue weighted by atomic mass is 9.90. The van der Waals surface area contributed by atoms with E-state index in [0.29, 0.717) is 0 Å². The van der Waals surface area contributed by atoms with Gasteiger partial charge in [-0.05, 0) is 59.7 Å². The predicted octanol–water partition coefficient (Wildman–Crippen LogP) is 8.35. The maximum absolute atomic E-state index is 14.8. The molecule has 0 spiro atoms. The lowest BCUT2D eigenvalue weighted by Crippen LogP contribution is -2.47. The topological polar surface area (TPSA) is 152 Å². The van der Waals surface area contributed by atoms with Crippen LogP contribution in [0.4, 0.5) is 14.4 Å². The quantitative estimate of drug-likeness (QED) is 0.0745. The highest BCUT2D eigenvalue weighted by Crippen LogP contribution is 2.44. The van der Waals surface area contributed by atoms with Crippen molar-refractivity contribution < 1.29 is 38.2 Å². The van der Waals surface area contributed by atoms with Crippen LogP contribution in [0.5, 0.6) is 0 Å². The van der Waals surface area contributed by atoms with Gasteiger partial charge in [-0.2, -0.15) is 0 Å². The number of ether oxygens (including phenoxy) is 3. The summed E-state index contributed by atoms with van der Waals surface area (Å²) in [6, 6.07) is 44.7. The number of carbonyl (C=O) groups is 5. The van der Waals surface area contributed by atoms with Gasteiger partial charge in [0.2, 0.25) is 0 Å². The number of carbonyl (C=O) groups excluding carboxylic acids is 5. The highest BCUT2D eigenvalue weighted by atomic mass is 16.6. The fourth-order valence-electron chi connectivity index (χ4n) is 7.47. The van der Waals surface area contributed by atoms with Gasteiger partial charge < -0.3 is 35.1 Å². The maximum Gasteiger partial charge on any atom is 0.407 e. The van der Waals surface area contributed by atoms with Crippen LogP contribution in [-0.2, 0) is 30.4 Å². The number of nitrogens with zero attached hydrogens (tertiary/aromatic N) is 1. The molecule has 4 amide bonds. The van der Waals surface area contributed by atoms with E-state index >= 15 is 0 Å². The number of amides is 4. The van der Waals surface area contributed by atoms with Crippen molar-refractivity contribution in [2.45, 2.75) is 63.8 Å². The van der Waals surface area contributed by atoms with Gasteiger partial charge in [-0.3, -0.25) is 9.59 Å². The zero-order chi connectivity index (χ0) is 43.9. The van der Waals surface area contributed by atoms with E-state index in [9.17, 15) is 24.0 Å². The van der Waals surface area contributed by atoms with Gasteiger partial charge in [-0.25, -0.2) is 14.4 Å². The highest BCUT2D eigenvalue weighted by Gasteiger charge is 2.33. The van der Waals surface area contributed by atoms with Crippen molar-refractivity contribution in [3.05, 3.63) is 167 Å². The maximum atomic E-state index is 14.8. The highest BCUT2D eigenvalue weighted by molar-refractivity contribution is 5.87. The third kappa shape index (κ3) is 12.8. The van der Waals surface area contributed by atoms with Crippen molar-refractivity contribution in [2.75, 3.05) is 32.7 Å². The van der Waals surface area contributed by atoms with Gasteiger partial charge in [0.15, 0.2) is 11.9 Å². The molecule has 0 saturated carbocycles. The first-order valence-electron chi connectivity index (χ1n) is 20.9. The Morgan fingerprint density at radius 3 is 1.77 bits per heavy atom. The summed E-state index contributed by atoms with van der Waals surface area (Å²) >= 11 is 0. The molecule has 5 aromatic carbocycles. The molecule has 0 fully saturated rings. The van der Waals surface area contributed by atoms with Crippen LogP contribution in [0.3, 0.4) is 0 Å². The van der Waals surface area contributed by atoms with Crippen LogP contribution in [0.2, 0.25) is 0 Å². The van der Waals surface area contributed by atoms with Crippen molar-refractivity contribution in [2.24, 2.45) is 0 Å². The van der Waals surface area contributed by atoms with Crippen molar-refractivity contribution in [1.29, 1.82) is 0 Å². The van der Waals surface area contributed by atoms with Gasteiger partial charge in [-0.1, -0.05) is 140 Å². The first-order chi connectivity index (χ1) is 29.9. The van der Waals surface area contributed by atoms with Crippen LogP contribution in [0.15, 0.2) is 140 Å². The Bertz CT molecular complexity index is 2200. The molecule has 1 atom stereocenters. The van der Waals surface area contributed by atoms with Crippen LogP contribution in [0, 0.1) is 0 Å². The second-order valence-corrected chi connectivity index (χ2v) is 16.1. The molecule has 0 aromatic heterocycles. The second-order valence-electron chi connectivity index (χ2n) is 16.1. The summed E-state index contributed by atoms with van der Waals surface area (Å²) < 4.78 is 16.6. The standard InChI is InChI=1S/C50H54N4O8/c1-50(2,3)62-49(59)51-29-27-45(61-48(58)53-32-43-41-25-15-13-23-39(41)40-24-14-16-26-42(40)43)46(56)54(33-44(36-19-9-5-10-20-36)37-21-11-6-12-22-37)30-28-38(55)31-52-47(57)60-34-35-17-7-4-8-18-35/h4-26,43-45H,27-34H2,1-3H3,(H,51,59)(H,52,57)(H,53,58)/t45-/m0/s1. The minimum Gasteiger partial charge on any atom is -0.445 e. The first-order valence-corrected chi connectivity index (χ1v) is 20.9. The SMILES string of the molecule is CC(C)(C)OC(=O)NCC[C@H](OC(=O)NCC1c2ccccc2-c2ccccc21)C(=O)N(CCC(=O)CNC(=O)OCc1ccccc1)CC(c1ccccc1)c1ccccc1. The van der Waals surface area contributed by atoms with Gasteiger partial charge >= 0.3 is 18.3 Å². The molecule has 5 aromatic rings. The lowest BCUT2D eigenvalue weighted by molar-refractivity contribution is -0.141. The number of nitrogens with one attached hydrogen (secondary N) is 3. The van der Waals surface area contributed by atoms with Crippen LogP contribution >= 0.6 is 0 Å². The van der Waals surface area contributed by atoms with E-state index in [1.54, 1.807) is 20.8 Å². The van der Waals surface area contributed by atoms with Crippen LogP contribution in [0.25, 0.3) is 11.1 Å². The number of rotatable bonds is 18. The van der Waals surface area contributed by atoms with E-state index < -0.39 is 35.9 Å². The van der Waals surface area contributed by atoms with Crippen molar-refractivity contribution >= 4 is 30.0 Å². The van der Waals surface area contributed by atoms with E-state index in [4.69, 9.17) is 14.2 Å². The Hall–Kier alpha value is -6.95. The zero-order valence-electron chi connectivity index (χ0n) is 35.4. The summed E-state index contributed by atoms with van der Waals surface area (Å²) in [5, 5.41) is 8.09. The minimum absolute atomic E-state index is 0.0441. The van der Waals surface area contributed by atoms with Crippen molar-refractivity contribution in [3.8, 4) is 11.1 Å². The number of fused-ring (bicyclic) bond motifs is 3. The number of Topliss-reactive ketones (excluding diaryl/α,β-unsaturated/α-hetero) is 1. The summed E-state index contributed by atoms with van der Waals surface area (Å²) in [6.45, 7) is 5.20. The number of hydrogen-bond acceptors (Lipinski definition) is 8. The molecule has 0 radical (unpaired) electrons. The van der Waals surface area contributed by atoms with E-state index in [1.807, 2.05) is 127 Å². The summed E-state index contributed by atoms with van der Waals surface area (Å²) in [6.07, 6.45) is -3.79. The third-order valence-electron chi connectivity index (χ3n) is 10.4. The average molecular weight is 839 g/mol. The Morgan fingerprint density at radius 2 is 1.19 bits per heavy atom. The molecule has 1 aliphatic carbocycles. The van der Waals surface area contributed by atoms with E-state index in [1.165, 1.54) is 4.90 Å². The molecule has 0 unspecified atom stereocenters. The smallest absolute Gasteiger partial charge is 0.407 e. The average Bonchev–Trinajstić information content (AvgIpc) is 3.60. The minimum atomic E-state index is -1.36. The molecule has 62 heavy (non-hydrogen) atoms. The summed E-state index contributed by atoms with van der Waals surface area (Å²) in [5.41, 5.74) is 6.26. The second kappa shape index (κ2) is 21.5. The zero-order valence-corrected chi connectivity index (χ0v) is 35.4. The van der Waals surface area contributed by atoms with Crippen LogP contribution < -0.4 is 16.0 Å². The van der Waals surface area contributed by atoms with Gasteiger partial charge in [0.1, 0.15) is 12.2 Å². The number of benzene rings is 5. The normalized spacial score (nSPS) is 12.3. The Labute approximate surface area is 363 Å². The molecule has 12 nitrogen and oxygen atoms in total. The number of ketones is 1. The fourth-order valence-corrected chi connectivity index (χ4v) is 7.47. The largest absolute Gasteiger partial charge is 0.445 e. The summed E-state index contributed by atoms with van der Waals surface area (Å²) in [5.74, 6) is -1.35. The van der Waals surface area contributed by atoms with E-state index in [-0.39, 0.29) is 69.8 Å². The fraction of sp³-hybridized carbons (Fsp3) is 0.300. The summed E-state index contributed by atoms with van der Waals surface area (Å²) in [7, 11) is 0. The Kier molecular flexibility index (Phi) is 15.5. The number of hydrogen-bond donors (Lipinski definition) is 3. The molecule has 0 heterocycles. The lowest BCUT2D eigenvalue weighted by Gasteiger charge is -2.31. The Morgan fingerprint density at radius 1 is 0.645 bits per heavy atom. The predicted molar refractivity (Wildman–Crippen MR) is 236 cm³/mol. The van der Waals surface area contributed by atoms with E-state index in [0.717, 1.165) is 38.9 Å². The van der Waals surface area contributed by atoms with Crippen molar-refractivity contribution in [1.82, 2.24) is 20.9 Å². The third-order valence-corrected chi connectivity index (χ3v) is 10.4. The molecular weight excluding hydrogens is 785 g/mol. The molecule has 0 aliphatic heterocycles. The van der Waals surface area contributed by atoms with Gasteiger partial charge in [0, 0.05) is 50.9 Å². The molecule has 322 valence electrons.